The lowest BCUT2D eigenvalue weighted by Crippen LogP contribution is -2.40. The van der Waals surface area contributed by atoms with Crippen LogP contribution in [0.3, 0.4) is 0 Å². The van der Waals surface area contributed by atoms with Gasteiger partial charge in [-0.2, -0.15) is 0 Å². The Labute approximate surface area is 183 Å². The topological polar surface area (TPSA) is 76.1 Å². The maximum Gasteiger partial charge on any atom is 0.264 e. The van der Waals surface area contributed by atoms with E-state index in [1.165, 1.54) is 23.5 Å². The Kier molecular flexibility index (Phi) is 7.20. The molecule has 0 aliphatic rings. The first-order valence-electron chi connectivity index (χ1n) is 9.92. The molecular weight excluding hydrogens is 414 g/mol. The van der Waals surface area contributed by atoms with E-state index in [0.29, 0.717) is 17.2 Å². The monoisotopic (exact) mass is 441 g/mol. The molecule has 0 aliphatic carbocycles. The first kappa shape index (κ1) is 22.7. The molecule has 0 amide bonds. The fourth-order valence-corrected chi connectivity index (χ4v) is 4.87. The summed E-state index contributed by atoms with van der Waals surface area (Å²) in [6.45, 7) is 3.61. The van der Waals surface area contributed by atoms with Crippen LogP contribution in [-0.2, 0) is 10.0 Å². The number of sulfonamides is 1. The summed E-state index contributed by atoms with van der Waals surface area (Å²) in [5.74, 6) is 1.08. The van der Waals surface area contributed by atoms with E-state index in [9.17, 15) is 13.5 Å². The molecule has 0 saturated heterocycles. The third-order valence-corrected chi connectivity index (χ3v) is 6.68. The van der Waals surface area contributed by atoms with Gasteiger partial charge in [0.1, 0.15) is 24.2 Å². The van der Waals surface area contributed by atoms with Gasteiger partial charge in [-0.1, -0.05) is 48.5 Å². The van der Waals surface area contributed by atoms with Gasteiger partial charge in [0.15, 0.2) is 0 Å². The van der Waals surface area contributed by atoms with E-state index < -0.39 is 16.1 Å². The highest BCUT2D eigenvalue weighted by atomic mass is 32.2. The van der Waals surface area contributed by atoms with E-state index >= 15 is 0 Å². The van der Waals surface area contributed by atoms with Gasteiger partial charge in [-0.3, -0.25) is 4.31 Å². The molecule has 6 nitrogen and oxygen atoms in total. The van der Waals surface area contributed by atoms with E-state index in [1.54, 1.807) is 42.5 Å². The molecule has 0 unspecified atom stereocenters. The zero-order valence-corrected chi connectivity index (χ0v) is 18.7. The van der Waals surface area contributed by atoms with Crippen LogP contribution in [0, 0.1) is 13.8 Å². The summed E-state index contributed by atoms with van der Waals surface area (Å²) in [7, 11) is -2.46. The van der Waals surface area contributed by atoms with Gasteiger partial charge in [-0.05, 0) is 49.2 Å². The fraction of sp³-hybridized carbons (Fsp3) is 0.250. The molecule has 0 saturated carbocycles. The van der Waals surface area contributed by atoms with Gasteiger partial charge in [0.2, 0.25) is 0 Å². The zero-order valence-electron chi connectivity index (χ0n) is 17.9. The Hall–Kier alpha value is -3.03. The maximum atomic E-state index is 13.4. The Morgan fingerprint density at radius 1 is 0.903 bits per heavy atom. The molecule has 0 aromatic heterocycles. The predicted molar refractivity (Wildman–Crippen MR) is 121 cm³/mol. The van der Waals surface area contributed by atoms with Crippen LogP contribution in [0.25, 0.3) is 0 Å². The summed E-state index contributed by atoms with van der Waals surface area (Å²) in [5.41, 5.74) is 2.25. The van der Waals surface area contributed by atoms with Crippen molar-refractivity contribution in [3.8, 4) is 11.5 Å². The average Bonchev–Trinajstić information content (AvgIpc) is 2.77. The molecule has 1 N–H and O–H groups in total. The Morgan fingerprint density at radius 2 is 1.52 bits per heavy atom. The van der Waals surface area contributed by atoms with Gasteiger partial charge in [0.25, 0.3) is 10.0 Å². The van der Waals surface area contributed by atoms with E-state index in [4.69, 9.17) is 9.47 Å². The number of hydrogen-bond donors (Lipinski definition) is 1. The number of anilines is 1. The Morgan fingerprint density at radius 3 is 2.16 bits per heavy atom. The molecule has 31 heavy (non-hydrogen) atoms. The van der Waals surface area contributed by atoms with Gasteiger partial charge in [0, 0.05) is 0 Å². The number of nitrogens with zero attached hydrogens (tertiary/aromatic N) is 1. The van der Waals surface area contributed by atoms with Gasteiger partial charge in [-0.15, -0.1) is 0 Å². The van der Waals surface area contributed by atoms with Crippen molar-refractivity contribution < 1.29 is 23.0 Å². The number of aryl methyl sites for hydroxylation is 2. The molecule has 0 bridgehead atoms. The smallest absolute Gasteiger partial charge is 0.264 e. The highest BCUT2D eigenvalue weighted by Crippen LogP contribution is 2.32. The van der Waals surface area contributed by atoms with Crippen LogP contribution in [0.1, 0.15) is 11.1 Å². The minimum Gasteiger partial charge on any atom is -0.495 e. The molecule has 1 atom stereocenters. The van der Waals surface area contributed by atoms with Gasteiger partial charge in [-0.25, -0.2) is 8.42 Å². The van der Waals surface area contributed by atoms with E-state index in [0.717, 1.165) is 11.1 Å². The van der Waals surface area contributed by atoms with Crippen molar-refractivity contribution in [2.75, 3.05) is 24.6 Å². The number of para-hydroxylation sites is 3. The SMILES string of the molecule is COc1ccccc1N(C[C@@H](O)COc1c(C)cccc1C)S(=O)(=O)c1ccccc1. The van der Waals surface area contributed by atoms with Crippen LogP contribution in [0.15, 0.2) is 77.7 Å². The lowest BCUT2D eigenvalue weighted by Gasteiger charge is -2.28. The number of aliphatic hydroxyl groups excluding tert-OH is 1. The number of methoxy groups -OCH3 is 1. The van der Waals surface area contributed by atoms with Crippen molar-refractivity contribution in [2.24, 2.45) is 0 Å². The summed E-state index contributed by atoms with van der Waals surface area (Å²) in [5, 5.41) is 10.7. The van der Waals surface area contributed by atoms with Crippen LogP contribution in [0.4, 0.5) is 5.69 Å². The van der Waals surface area contributed by atoms with Gasteiger partial charge < -0.3 is 14.6 Å². The lowest BCUT2D eigenvalue weighted by atomic mass is 10.1. The number of rotatable bonds is 9. The standard InChI is InChI=1S/C24H27NO5S/c1-18-10-9-11-19(2)24(18)30-17-20(26)16-25(22-14-7-8-15-23(22)29-3)31(27,28)21-12-5-4-6-13-21/h4-15,20,26H,16-17H2,1-3H3/t20-/m1/s1. The molecule has 0 heterocycles. The largest absolute Gasteiger partial charge is 0.495 e. The minimum absolute atomic E-state index is 0.0539. The number of hydrogen-bond acceptors (Lipinski definition) is 5. The second-order valence-electron chi connectivity index (χ2n) is 7.21. The first-order valence-corrected chi connectivity index (χ1v) is 11.4. The third-order valence-electron chi connectivity index (χ3n) is 4.89. The quantitative estimate of drug-likeness (QED) is 0.544. The van der Waals surface area contributed by atoms with E-state index in [1.807, 2.05) is 32.0 Å². The molecule has 7 heteroatoms. The van der Waals surface area contributed by atoms with Crippen LogP contribution in [0.2, 0.25) is 0 Å². The van der Waals surface area contributed by atoms with Crippen molar-refractivity contribution in [1.82, 2.24) is 0 Å². The van der Waals surface area contributed by atoms with E-state index in [2.05, 4.69) is 0 Å². The fourth-order valence-electron chi connectivity index (χ4n) is 3.33. The molecule has 0 radical (unpaired) electrons. The summed E-state index contributed by atoms with van der Waals surface area (Å²) >= 11 is 0. The molecule has 3 aromatic rings. The van der Waals surface area contributed by atoms with E-state index in [-0.39, 0.29) is 18.0 Å². The number of ether oxygens (including phenoxy) is 2. The average molecular weight is 442 g/mol. The lowest BCUT2D eigenvalue weighted by molar-refractivity contribution is 0.114. The molecule has 3 rings (SSSR count). The van der Waals surface area contributed by atoms with Crippen LogP contribution < -0.4 is 13.8 Å². The third kappa shape index (κ3) is 5.18. The summed E-state index contributed by atoms with van der Waals surface area (Å²) in [4.78, 5) is 0.128. The second kappa shape index (κ2) is 9.85. The minimum atomic E-state index is -3.94. The molecule has 0 fully saturated rings. The first-order chi connectivity index (χ1) is 14.8. The molecule has 0 aliphatic heterocycles. The summed E-state index contributed by atoms with van der Waals surface area (Å²) in [6, 6.07) is 20.7. The van der Waals surface area contributed by atoms with Crippen molar-refractivity contribution in [1.29, 1.82) is 0 Å². The van der Waals surface area contributed by atoms with Crippen LogP contribution in [-0.4, -0.2) is 39.9 Å². The number of benzene rings is 3. The van der Waals surface area contributed by atoms with Crippen molar-refractivity contribution >= 4 is 15.7 Å². The summed E-state index contributed by atoms with van der Waals surface area (Å²) < 4.78 is 39.3. The highest BCUT2D eigenvalue weighted by Gasteiger charge is 2.29. The zero-order chi connectivity index (χ0) is 22.4. The number of aliphatic hydroxyl groups is 1. The molecular formula is C24H27NO5S. The molecule has 3 aromatic carbocycles. The van der Waals surface area contributed by atoms with Crippen molar-refractivity contribution in [3.63, 3.8) is 0 Å². The second-order valence-corrected chi connectivity index (χ2v) is 9.07. The van der Waals surface area contributed by atoms with Crippen LogP contribution >= 0.6 is 0 Å². The normalized spacial score (nSPS) is 12.3. The Bertz CT molecular complexity index is 1100. The summed E-state index contributed by atoms with van der Waals surface area (Å²) in [6.07, 6.45) is -1.07. The predicted octanol–water partition coefficient (Wildman–Crippen LogP) is 3.95. The molecule has 0 spiro atoms. The van der Waals surface area contributed by atoms with Crippen molar-refractivity contribution in [3.05, 3.63) is 83.9 Å². The Balaban J connectivity index is 1.90. The highest BCUT2D eigenvalue weighted by molar-refractivity contribution is 7.92. The van der Waals surface area contributed by atoms with Gasteiger partial charge >= 0.3 is 0 Å². The van der Waals surface area contributed by atoms with Crippen LogP contribution in [0.5, 0.6) is 11.5 Å². The molecule has 164 valence electrons. The van der Waals surface area contributed by atoms with Gasteiger partial charge in [0.05, 0.1) is 24.2 Å². The van der Waals surface area contributed by atoms with Crippen molar-refractivity contribution in [2.45, 2.75) is 24.8 Å². The maximum absolute atomic E-state index is 13.4.